The van der Waals surface area contributed by atoms with E-state index in [1.54, 1.807) is 12.1 Å². The quantitative estimate of drug-likeness (QED) is 0.335. The molecule has 11 heteroatoms. The average Bonchev–Trinajstić information content (AvgIpc) is 3.12. The first kappa shape index (κ1) is 20.9. The summed E-state index contributed by atoms with van der Waals surface area (Å²) in [6, 6.07) is 11.6. The van der Waals surface area contributed by atoms with Crippen LogP contribution < -0.4 is 4.74 Å². The van der Waals surface area contributed by atoms with Crippen LogP contribution in [0.2, 0.25) is 0 Å². The van der Waals surface area contributed by atoms with Crippen LogP contribution in [-0.4, -0.2) is 42.8 Å². The molecule has 0 fully saturated rings. The number of hydrogen-bond donors (Lipinski definition) is 0. The lowest BCUT2D eigenvalue weighted by Gasteiger charge is -2.10. The number of benzene rings is 1. The van der Waals surface area contributed by atoms with Crippen molar-refractivity contribution in [2.24, 2.45) is 0 Å². The van der Waals surface area contributed by atoms with Gasteiger partial charge in [-0.25, -0.2) is 14.4 Å². The Hall–Kier alpha value is -3.34. The van der Waals surface area contributed by atoms with E-state index in [1.807, 2.05) is 0 Å². The van der Waals surface area contributed by atoms with E-state index in [0.717, 1.165) is 0 Å². The molecule has 3 aromatic heterocycles. The molecule has 0 saturated heterocycles. The van der Waals surface area contributed by atoms with Gasteiger partial charge < -0.3 is 4.74 Å². The number of ether oxygens (including phenoxy) is 1. The molecule has 0 aliphatic heterocycles. The summed E-state index contributed by atoms with van der Waals surface area (Å²) >= 11 is 0. The highest BCUT2D eigenvalue weighted by atomic mass is 32.2. The summed E-state index contributed by atoms with van der Waals surface area (Å²) in [7, 11) is -1.45. The SMILES string of the molecule is CS(=O)c1nccc(-c2c(-c3ccc(F)cc3)nn3c(OCC(F)(F)F)cccc23)n1. The maximum absolute atomic E-state index is 13.4. The predicted molar refractivity (Wildman–Crippen MR) is 105 cm³/mol. The molecule has 4 aromatic rings. The third-order valence-electron chi connectivity index (χ3n) is 4.27. The van der Waals surface area contributed by atoms with Crippen LogP contribution in [-0.2, 0) is 10.8 Å². The Kier molecular flexibility index (Phi) is 5.44. The van der Waals surface area contributed by atoms with Gasteiger partial charge in [0.2, 0.25) is 11.0 Å². The van der Waals surface area contributed by atoms with Crippen molar-refractivity contribution in [3.8, 4) is 28.4 Å². The molecule has 0 amide bonds. The summed E-state index contributed by atoms with van der Waals surface area (Å²) in [5.41, 5.74) is 2.08. The molecule has 0 bridgehead atoms. The van der Waals surface area contributed by atoms with Gasteiger partial charge in [-0.05, 0) is 36.4 Å². The average molecular weight is 450 g/mol. The van der Waals surface area contributed by atoms with Crippen molar-refractivity contribution in [1.29, 1.82) is 0 Å². The second-order valence-corrected chi connectivity index (χ2v) is 7.75. The van der Waals surface area contributed by atoms with E-state index in [4.69, 9.17) is 4.74 Å². The molecule has 160 valence electrons. The number of rotatable bonds is 5. The van der Waals surface area contributed by atoms with Crippen molar-refractivity contribution in [2.45, 2.75) is 11.3 Å². The molecule has 4 rings (SSSR count). The summed E-state index contributed by atoms with van der Waals surface area (Å²) in [6.45, 7) is -1.49. The Balaban J connectivity index is 1.96. The highest BCUT2D eigenvalue weighted by Crippen LogP contribution is 2.36. The molecule has 0 radical (unpaired) electrons. The summed E-state index contributed by atoms with van der Waals surface area (Å²) in [5, 5.41) is 4.52. The van der Waals surface area contributed by atoms with Crippen LogP contribution in [0.3, 0.4) is 0 Å². The summed E-state index contributed by atoms with van der Waals surface area (Å²) < 4.78 is 69.5. The van der Waals surface area contributed by atoms with Crippen LogP contribution in [0.4, 0.5) is 17.6 Å². The molecule has 1 unspecified atom stereocenters. The Labute approximate surface area is 176 Å². The highest BCUT2D eigenvalue weighted by Gasteiger charge is 2.29. The zero-order chi connectivity index (χ0) is 22.2. The lowest BCUT2D eigenvalue weighted by molar-refractivity contribution is -0.154. The van der Waals surface area contributed by atoms with Crippen molar-refractivity contribution >= 4 is 16.3 Å². The van der Waals surface area contributed by atoms with Crippen LogP contribution in [0.5, 0.6) is 5.88 Å². The molecule has 0 saturated carbocycles. The highest BCUT2D eigenvalue weighted by molar-refractivity contribution is 7.84. The van der Waals surface area contributed by atoms with Gasteiger partial charge in [-0.3, -0.25) is 4.21 Å². The fourth-order valence-corrected chi connectivity index (χ4v) is 3.43. The molecule has 0 N–H and O–H groups in total. The predicted octanol–water partition coefficient (Wildman–Crippen LogP) is 4.28. The normalized spacial score (nSPS) is 12.8. The van der Waals surface area contributed by atoms with Gasteiger partial charge >= 0.3 is 6.18 Å². The Morgan fingerprint density at radius 2 is 1.84 bits per heavy atom. The molecular formula is C20H14F4N4O2S. The van der Waals surface area contributed by atoms with E-state index in [0.29, 0.717) is 28.0 Å². The van der Waals surface area contributed by atoms with E-state index >= 15 is 0 Å². The standard InChI is InChI=1S/C20H14F4N4O2S/c1-31(29)19-25-10-9-14(26-19)17-15-3-2-4-16(30-11-20(22,23)24)28(15)27-18(17)12-5-7-13(21)8-6-12/h2-10H,11H2,1H3. The van der Waals surface area contributed by atoms with Gasteiger partial charge in [0.15, 0.2) is 6.61 Å². The van der Waals surface area contributed by atoms with Gasteiger partial charge in [0.25, 0.3) is 0 Å². The third kappa shape index (κ3) is 4.41. The van der Waals surface area contributed by atoms with Gasteiger partial charge in [0.1, 0.15) is 11.5 Å². The maximum atomic E-state index is 13.4. The van der Waals surface area contributed by atoms with Gasteiger partial charge in [-0.2, -0.15) is 22.8 Å². The van der Waals surface area contributed by atoms with E-state index in [-0.39, 0.29) is 11.0 Å². The van der Waals surface area contributed by atoms with E-state index in [9.17, 15) is 21.8 Å². The second-order valence-electron chi connectivity index (χ2n) is 6.47. The Bertz CT molecular complexity index is 1270. The topological polar surface area (TPSA) is 69.4 Å². The number of pyridine rings is 1. The minimum absolute atomic E-state index is 0.0892. The summed E-state index contributed by atoms with van der Waals surface area (Å²) in [6.07, 6.45) is -1.66. The second kappa shape index (κ2) is 8.06. The number of alkyl halides is 3. The monoisotopic (exact) mass is 450 g/mol. The van der Waals surface area contributed by atoms with Crippen molar-refractivity contribution in [2.75, 3.05) is 12.9 Å². The molecule has 1 aromatic carbocycles. The molecular weight excluding hydrogens is 436 g/mol. The number of nitrogens with zero attached hydrogens (tertiary/aromatic N) is 4. The molecule has 3 heterocycles. The van der Waals surface area contributed by atoms with Crippen LogP contribution in [0.15, 0.2) is 59.9 Å². The minimum Gasteiger partial charge on any atom is -0.468 e. The first-order valence-corrected chi connectivity index (χ1v) is 10.4. The molecule has 0 aliphatic carbocycles. The summed E-state index contributed by atoms with van der Waals surface area (Å²) in [5.74, 6) is -0.577. The lowest BCUT2D eigenvalue weighted by atomic mass is 10.0. The first-order chi connectivity index (χ1) is 14.7. The van der Waals surface area contributed by atoms with Gasteiger partial charge in [0, 0.05) is 24.1 Å². The lowest BCUT2D eigenvalue weighted by Crippen LogP contribution is -2.20. The number of halogens is 4. The molecule has 31 heavy (non-hydrogen) atoms. The van der Waals surface area contributed by atoms with E-state index in [1.165, 1.54) is 53.4 Å². The fourth-order valence-electron chi connectivity index (χ4n) is 2.99. The van der Waals surface area contributed by atoms with Crippen molar-refractivity contribution in [3.63, 3.8) is 0 Å². The Morgan fingerprint density at radius 1 is 1.10 bits per heavy atom. The van der Waals surface area contributed by atoms with Gasteiger partial charge in [0.05, 0.1) is 27.6 Å². The third-order valence-corrected chi connectivity index (χ3v) is 4.98. The molecule has 1 atom stereocenters. The zero-order valence-electron chi connectivity index (χ0n) is 15.9. The number of aromatic nitrogens is 4. The fraction of sp³-hybridized carbons (Fsp3) is 0.150. The molecule has 6 nitrogen and oxygen atoms in total. The zero-order valence-corrected chi connectivity index (χ0v) is 16.7. The van der Waals surface area contributed by atoms with Gasteiger partial charge in [-0.15, -0.1) is 0 Å². The van der Waals surface area contributed by atoms with Crippen LogP contribution in [0.25, 0.3) is 28.0 Å². The molecule has 0 aliphatic rings. The van der Waals surface area contributed by atoms with Crippen LogP contribution in [0, 0.1) is 5.82 Å². The number of hydrogen-bond acceptors (Lipinski definition) is 5. The number of fused-ring (bicyclic) bond motifs is 1. The van der Waals surface area contributed by atoms with E-state index in [2.05, 4.69) is 15.1 Å². The van der Waals surface area contributed by atoms with Crippen molar-refractivity contribution in [1.82, 2.24) is 19.6 Å². The largest absolute Gasteiger partial charge is 0.468 e. The van der Waals surface area contributed by atoms with Gasteiger partial charge in [-0.1, -0.05) is 6.07 Å². The summed E-state index contributed by atoms with van der Waals surface area (Å²) in [4.78, 5) is 8.30. The van der Waals surface area contributed by atoms with Crippen LogP contribution >= 0.6 is 0 Å². The maximum Gasteiger partial charge on any atom is 0.422 e. The first-order valence-electron chi connectivity index (χ1n) is 8.87. The molecule has 0 spiro atoms. The van der Waals surface area contributed by atoms with Crippen LogP contribution in [0.1, 0.15) is 0 Å². The van der Waals surface area contributed by atoms with Crippen molar-refractivity contribution < 1.29 is 26.5 Å². The minimum atomic E-state index is -4.52. The van der Waals surface area contributed by atoms with Crippen molar-refractivity contribution in [3.05, 3.63) is 60.5 Å². The smallest absolute Gasteiger partial charge is 0.422 e. The Morgan fingerprint density at radius 3 is 2.52 bits per heavy atom. The van der Waals surface area contributed by atoms with E-state index < -0.39 is 29.4 Å².